The van der Waals surface area contributed by atoms with Gasteiger partial charge in [-0.15, -0.1) is 0 Å². The van der Waals surface area contributed by atoms with Crippen LogP contribution in [0.25, 0.3) is 0 Å². The minimum atomic E-state index is 0.191. The van der Waals surface area contributed by atoms with Crippen molar-refractivity contribution in [2.24, 2.45) is 5.92 Å². The molecule has 5 nitrogen and oxygen atoms in total. The molecule has 2 heterocycles. The topological polar surface area (TPSA) is 60.2 Å². The maximum absolute atomic E-state index is 5.50. The van der Waals surface area contributed by atoms with E-state index < -0.39 is 0 Å². The molecule has 1 N–H and O–H groups in total. The lowest BCUT2D eigenvalue weighted by Gasteiger charge is -2.13. The Morgan fingerprint density at radius 1 is 1.42 bits per heavy atom. The second kappa shape index (κ2) is 7.26. The van der Waals surface area contributed by atoms with Gasteiger partial charge in [0.1, 0.15) is 0 Å². The molecule has 6 heteroatoms. The molecular weight excluding hydrogens is 262 g/mol. The van der Waals surface area contributed by atoms with Gasteiger partial charge in [-0.05, 0) is 18.2 Å². The van der Waals surface area contributed by atoms with E-state index in [0.29, 0.717) is 24.5 Å². The van der Waals surface area contributed by atoms with Gasteiger partial charge in [0.15, 0.2) is 5.82 Å². The summed E-state index contributed by atoms with van der Waals surface area (Å²) in [6.45, 7) is 8.83. The molecule has 0 aromatic carbocycles. The molecule has 19 heavy (non-hydrogen) atoms. The quantitative estimate of drug-likeness (QED) is 0.827. The molecule has 108 valence electrons. The van der Waals surface area contributed by atoms with E-state index in [1.165, 1.54) is 0 Å². The lowest BCUT2D eigenvalue weighted by Crippen LogP contribution is -2.34. The van der Waals surface area contributed by atoms with Crippen LogP contribution in [0.3, 0.4) is 0 Å². The summed E-state index contributed by atoms with van der Waals surface area (Å²) < 4.78 is 10.9. The number of thioether (sulfide) groups is 1. The van der Waals surface area contributed by atoms with Crippen molar-refractivity contribution >= 4 is 11.8 Å². The van der Waals surface area contributed by atoms with Crippen molar-refractivity contribution in [2.75, 3.05) is 25.5 Å². The van der Waals surface area contributed by atoms with Crippen LogP contribution in [0.15, 0.2) is 4.52 Å². The van der Waals surface area contributed by atoms with Crippen LogP contribution in [0.2, 0.25) is 0 Å². The number of rotatable bonds is 7. The second-order valence-electron chi connectivity index (χ2n) is 5.27. The van der Waals surface area contributed by atoms with Crippen molar-refractivity contribution in [1.82, 2.24) is 15.5 Å². The van der Waals surface area contributed by atoms with Gasteiger partial charge in [0.25, 0.3) is 0 Å². The molecule has 1 aliphatic rings. The Morgan fingerprint density at radius 3 is 3.00 bits per heavy atom. The maximum Gasteiger partial charge on any atom is 0.233 e. The molecule has 1 aromatic heterocycles. The Hall–Kier alpha value is -0.590. The smallest absolute Gasteiger partial charge is 0.233 e. The van der Waals surface area contributed by atoms with Crippen molar-refractivity contribution in [1.29, 1.82) is 0 Å². The summed E-state index contributed by atoms with van der Waals surface area (Å²) in [5.41, 5.74) is 0. The van der Waals surface area contributed by atoms with Crippen LogP contribution in [-0.4, -0.2) is 41.7 Å². The molecule has 0 saturated carbocycles. The summed E-state index contributed by atoms with van der Waals surface area (Å²) in [6, 6.07) is 0.293. The molecule has 1 fully saturated rings. The van der Waals surface area contributed by atoms with Crippen LogP contribution in [-0.2, 0) is 10.5 Å². The van der Waals surface area contributed by atoms with Gasteiger partial charge < -0.3 is 14.6 Å². The first-order valence-corrected chi connectivity index (χ1v) is 8.07. The third-order valence-electron chi connectivity index (χ3n) is 3.03. The molecule has 2 rings (SSSR count). The number of nitrogens with zero attached hydrogens (tertiary/aromatic N) is 2. The van der Waals surface area contributed by atoms with E-state index in [4.69, 9.17) is 9.26 Å². The molecule has 0 bridgehead atoms. The molecule has 0 spiro atoms. The van der Waals surface area contributed by atoms with Gasteiger partial charge in [0, 0.05) is 6.04 Å². The third kappa shape index (κ3) is 4.19. The van der Waals surface area contributed by atoms with Crippen LogP contribution in [0.1, 0.15) is 38.4 Å². The predicted octanol–water partition coefficient (Wildman–Crippen LogP) is 2.05. The lowest BCUT2D eigenvalue weighted by molar-refractivity contribution is 0.185. The Bertz CT molecular complexity index is 384. The molecule has 2 unspecified atom stereocenters. The summed E-state index contributed by atoms with van der Waals surface area (Å²) in [4.78, 5) is 4.50. The lowest BCUT2D eigenvalue weighted by atomic mass is 10.0. The Labute approximate surface area is 118 Å². The van der Waals surface area contributed by atoms with Crippen molar-refractivity contribution in [2.45, 2.75) is 38.5 Å². The minimum absolute atomic E-state index is 0.191. The first-order chi connectivity index (χ1) is 9.20. The maximum atomic E-state index is 5.50. The summed E-state index contributed by atoms with van der Waals surface area (Å²) in [7, 11) is 0. The summed E-state index contributed by atoms with van der Waals surface area (Å²) in [6.07, 6.45) is 0. The van der Waals surface area contributed by atoms with Gasteiger partial charge in [0.05, 0.1) is 24.9 Å². The minimum Gasteiger partial charge on any atom is -0.379 e. The first kappa shape index (κ1) is 14.8. The monoisotopic (exact) mass is 285 g/mol. The largest absolute Gasteiger partial charge is 0.379 e. The number of likely N-dealkylation sites (N-methyl/N-ethyl adjacent to an activating group) is 1. The zero-order valence-corrected chi connectivity index (χ0v) is 12.7. The normalized spacial score (nSPS) is 23.4. The van der Waals surface area contributed by atoms with E-state index >= 15 is 0 Å². The van der Waals surface area contributed by atoms with Crippen LogP contribution >= 0.6 is 11.8 Å². The van der Waals surface area contributed by atoms with Gasteiger partial charge in [-0.1, -0.05) is 25.9 Å². The van der Waals surface area contributed by atoms with E-state index in [0.717, 1.165) is 30.5 Å². The average Bonchev–Trinajstić information content (AvgIpc) is 2.97. The van der Waals surface area contributed by atoms with Crippen LogP contribution in [0.5, 0.6) is 0 Å². The number of hydrogen-bond acceptors (Lipinski definition) is 6. The molecule has 1 aromatic rings. The van der Waals surface area contributed by atoms with Gasteiger partial charge in [-0.3, -0.25) is 0 Å². The van der Waals surface area contributed by atoms with Crippen LogP contribution < -0.4 is 5.32 Å². The van der Waals surface area contributed by atoms with Gasteiger partial charge in [0.2, 0.25) is 5.89 Å². The molecule has 0 radical (unpaired) electrons. The fourth-order valence-corrected chi connectivity index (χ4v) is 3.01. The molecule has 1 saturated heterocycles. The fourth-order valence-electron chi connectivity index (χ4n) is 2.12. The fraction of sp³-hybridized carbons (Fsp3) is 0.846. The highest BCUT2D eigenvalue weighted by molar-refractivity contribution is 7.98. The summed E-state index contributed by atoms with van der Waals surface area (Å²) in [5.74, 6) is 4.33. The van der Waals surface area contributed by atoms with E-state index in [9.17, 15) is 0 Å². The SMILES string of the molecule is CCNC1COCC1c1nc(CSCC(C)C)no1. The molecule has 1 aliphatic heterocycles. The Kier molecular flexibility index (Phi) is 5.66. The molecular formula is C13H23N3O2S. The van der Waals surface area contributed by atoms with E-state index in [-0.39, 0.29) is 5.92 Å². The number of hydrogen-bond donors (Lipinski definition) is 1. The molecule has 2 atom stereocenters. The Balaban J connectivity index is 1.89. The number of aromatic nitrogens is 2. The molecule has 0 amide bonds. The van der Waals surface area contributed by atoms with Crippen LogP contribution in [0.4, 0.5) is 0 Å². The highest BCUT2D eigenvalue weighted by Gasteiger charge is 2.33. The zero-order valence-electron chi connectivity index (χ0n) is 11.9. The second-order valence-corrected chi connectivity index (χ2v) is 6.30. The van der Waals surface area contributed by atoms with E-state index in [1.54, 1.807) is 0 Å². The van der Waals surface area contributed by atoms with Gasteiger partial charge in [-0.25, -0.2) is 0 Å². The summed E-state index contributed by atoms with van der Waals surface area (Å²) >= 11 is 1.85. The van der Waals surface area contributed by atoms with Crippen molar-refractivity contribution in [3.8, 4) is 0 Å². The number of nitrogens with one attached hydrogen (secondary N) is 1. The highest BCUT2D eigenvalue weighted by atomic mass is 32.2. The molecule has 0 aliphatic carbocycles. The highest BCUT2D eigenvalue weighted by Crippen LogP contribution is 2.25. The standard InChI is InChI=1S/C13H23N3O2S/c1-4-14-11-6-17-5-10(11)13-15-12(16-18-13)8-19-7-9(2)3/h9-11,14H,4-8H2,1-3H3. The third-order valence-corrected chi connectivity index (χ3v) is 4.39. The van der Waals surface area contributed by atoms with Gasteiger partial charge >= 0.3 is 0 Å². The Morgan fingerprint density at radius 2 is 2.26 bits per heavy atom. The van der Waals surface area contributed by atoms with Crippen molar-refractivity contribution in [3.63, 3.8) is 0 Å². The average molecular weight is 285 g/mol. The summed E-state index contributed by atoms with van der Waals surface area (Å²) in [5, 5.41) is 7.46. The zero-order chi connectivity index (χ0) is 13.7. The van der Waals surface area contributed by atoms with Crippen molar-refractivity contribution in [3.05, 3.63) is 11.7 Å². The first-order valence-electron chi connectivity index (χ1n) is 6.92. The van der Waals surface area contributed by atoms with Gasteiger partial charge in [-0.2, -0.15) is 16.7 Å². The van der Waals surface area contributed by atoms with E-state index in [2.05, 4.69) is 36.2 Å². The number of ether oxygens (including phenoxy) is 1. The van der Waals surface area contributed by atoms with Crippen LogP contribution in [0, 0.1) is 5.92 Å². The van der Waals surface area contributed by atoms with Crippen molar-refractivity contribution < 1.29 is 9.26 Å². The predicted molar refractivity (Wildman–Crippen MR) is 76.3 cm³/mol. The van der Waals surface area contributed by atoms with E-state index in [1.807, 2.05) is 11.8 Å².